The van der Waals surface area contributed by atoms with Crippen LogP contribution in [0.3, 0.4) is 0 Å². The second-order valence-electron chi connectivity index (χ2n) is 6.19. The van der Waals surface area contributed by atoms with Gasteiger partial charge in [0.05, 0.1) is 5.69 Å². The average molecular weight is 337 g/mol. The number of nitrogens with one attached hydrogen (secondary N) is 1. The zero-order valence-corrected chi connectivity index (χ0v) is 14.6. The summed E-state index contributed by atoms with van der Waals surface area (Å²) in [5.41, 5.74) is 5.20. The molecular weight excluding hydrogens is 318 g/mol. The van der Waals surface area contributed by atoms with Crippen molar-refractivity contribution in [2.75, 3.05) is 5.32 Å². The molecule has 3 nitrogen and oxygen atoms in total. The quantitative estimate of drug-likeness (QED) is 0.506. The molecule has 0 bridgehead atoms. The van der Waals surface area contributed by atoms with Crippen molar-refractivity contribution in [2.24, 2.45) is 0 Å². The van der Waals surface area contributed by atoms with Gasteiger partial charge in [-0.05, 0) is 19.1 Å². The van der Waals surface area contributed by atoms with Gasteiger partial charge in [0, 0.05) is 22.9 Å². The zero-order chi connectivity index (χ0) is 17.8. The highest BCUT2D eigenvalue weighted by Gasteiger charge is 2.09. The fraction of sp³-hybridized carbons (Fsp3) is 0.0435. The highest BCUT2D eigenvalue weighted by Crippen LogP contribution is 2.26. The highest BCUT2D eigenvalue weighted by atomic mass is 15.0. The van der Waals surface area contributed by atoms with Crippen molar-refractivity contribution in [3.63, 3.8) is 0 Å². The molecule has 1 heterocycles. The van der Waals surface area contributed by atoms with Crippen LogP contribution in [0.25, 0.3) is 22.6 Å². The molecule has 0 amide bonds. The molecule has 0 spiro atoms. The summed E-state index contributed by atoms with van der Waals surface area (Å²) >= 11 is 0. The third kappa shape index (κ3) is 3.62. The predicted octanol–water partition coefficient (Wildman–Crippen LogP) is 5.86. The monoisotopic (exact) mass is 337 g/mol. The first-order valence-electron chi connectivity index (χ1n) is 8.61. The molecule has 0 saturated heterocycles. The predicted molar refractivity (Wildman–Crippen MR) is 107 cm³/mol. The number of aryl methyl sites for hydroxylation is 1. The molecular formula is C23H19N3. The topological polar surface area (TPSA) is 37.8 Å². The van der Waals surface area contributed by atoms with Crippen LogP contribution < -0.4 is 5.32 Å². The van der Waals surface area contributed by atoms with Crippen molar-refractivity contribution in [1.82, 2.24) is 9.97 Å². The molecule has 0 saturated carbocycles. The van der Waals surface area contributed by atoms with E-state index < -0.39 is 0 Å². The lowest BCUT2D eigenvalue weighted by molar-refractivity contribution is 1.18. The Morgan fingerprint density at radius 3 is 1.92 bits per heavy atom. The lowest BCUT2D eigenvalue weighted by atomic mass is 10.1. The zero-order valence-electron chi connectivity index (χ0n) is 14.6. The second kappa shape index (κ2) is 7.19. The molecule has 3 heteroatoms. The van der Waals surface area contributed by atoms with E-state index in [0.29, 0.717) is 5.82 Å². The molecule has 4 aromatic rings. The van der Waals surface area contributed by atoms with E-state index in [9.17, 15) is 0 Å². The Morgan fingerprint density at radius 1 is 0.654 bits per heavy atom. The Bertz CT molecular complexity index is 937. The van der Waals surface area contributed by atoms with Crippen LogP contribution in [-0.2, 0) is 0 Å². The standard InChI is InChI=1S/C23H19N3/c1-17-12-14-20(15-13-17)24-22-16-21(18-8-4-2-5-9-18)25-23(26-22)19-10-6-3-7-11-19/h2-16H,1H3,(H,24,25,26). The summed E-state index contributed by atoms with van der Waals surface area (Å²) in [4.78, 5) is 9.50. The fourth-order valence-electron chi connectivity index (χ4n) is 2.77. The summed E-state index contributed by atoms with van der Waals surface area (Å²) in [5, 5.41) is 3.40. The van der Waals surface area contributed by atoms with Crippen LogP contribution in [0.2, 0.25) is 0 Å². The van der Waals surface area contributed by atoms with Crippen LogP contribution >= 0.6 is 0 Å². The first-order chi connectivity index (χ1) is 12.8. The van der Waals surface area contributed by atoms with Crippen LogP contribution in [0, 0.1) is 6.92 Å². The first-order valence-corrected chi connectivity index (χ1v) is 8.61. The Balaban J connectivity index is 1.78. The van der Waals surface area contributed by atoms with Crippen molar-refractivity contribution in [3.05, 3.63) is 96.6 Å². The summed E-state index contributed by atoms with van der Waals surface area (Å²) in [6, 6.07) is 30.5. The lowest BCUT2D eigenvalue weighted by Gasteiger charge is -2.11. The number of rotatable bonds is 4. The van der Waals surface area contributed by atoms with Crippen molar-refractivity contribution >= 4 is 11.5 Å². The van der Waals surface area contributed by atoms with Gasteiger partial charge in [0.1, 0.15) is 5.82 Å². The average Bonchev–Trinajstić information content (AvgIpc) is 2.71. The smallest absolute Gasteiger partial charge is 0.162 e. The highest BCUT2D eigenvalue weighted by molar-refractivity contribution is 5.69. The van der Waals surface area contributed by atoms with E-state index in [-0.39, 0.29) is 0 Å². The molecule has 0 radical (unpaired) electrons. The summed E-state index contributed by atoms with van der Waals surface area (Å²) < 4.78 is 0. The van der Waals surface area contributed by atoms with E-state index in [1.807, 2.05) is 54.6 Å². The number of aromatic nitrogens is 2. The number of benzene rings is 3. The van der Waals surface area contributed by atoms with Crippen LogP contribution in [0.15, 0.2) is 91.0 Å². The summed E-state index contributed by atoms with van der Waals surface area (Å²) in [5.74, 6) is 1.49. The molecule has 0 unspecified atom stereocenters. The molecule has 0 fully saturated rings. The molecule has 0 aliphatic carbocycles. The lowest BCUT2D eigenvalue weighted by Crippen LogP contribution is -1.99. The van der Waals surface area contributed by atoms with Gasteiger partial charge < -0.3 is 5.32 Å². The van der Waals surface area contributed by atoms with Crippen molar-refractivity contribution < 1.29 is 0 Å². The minimum Gasteiger partial charge on any atom is -0.340 e. The number of hydrogen-bond acceptors (Lipinski definition) is 3. The Kier molecular flexibility index (Phi) is 4.44. The molecule has 3 aromatic carbocycles. The van der Waals surface area contributed by atoms with Gasteiger partial charge in [-0.1, -0.05) is 78.4 Å². The first kappa shape index (κ1) is 16.0. The Hall–Kier alpha value is -3.46. The molecule has 0 aliphatic heterocycles. The maximum atomic E-state index is 4.78. The summed E-state index contributed by atoms with van der Waals surface area (Å²) in [6.45, 7) is 2.08. The fourth-order valence-corrected chi connectivity index (χ4v) is 2.77. The van der Waals surface area contributed by atoms with Crippen LogP contribution in [-0.4, -0.2) is 9.97 Å². The van der Waals surface area contributed by atoms with Crippen LogP contribution in [0.1, 0.15) is 5.56 Å². The third-order valence-corrected chi connectivity index (χ3v) is 4.15. The molecule has 1 aromatic heterocycles. The maximum absolute atomic E-state index is 4.78. The Labute approximate surface area is 153 Å². The van der Waals surface area contributed by atoms with Gasteiger partial charge in [-0.3, -0.25) is 0 Å². The van der Waals surface area contributed by atoms with E-state index in [2.05, 4.69) is 48.6 Å². The van der Waals surface area contributed by atoms with Crippen molar-refractivity contribution in [2.45, 2.75) is 6.92 Å². The molecule has 0 atom stereocenters. The molecule has 126 valence electrons. The SMILES string of the molecule is Cc1ccc(Nc2cc(-c3ccccc3)nc(-c3ccccc3)n2)cc1. The molecule has 26 heavy (non-hydrogen) atoms. The largest absolute Gasteiger partial charge is 0.340 e. The normalized spacial score (nSPS) is 10.5. The molecule has 4 rings (SSSR count). The van der Waals surface area contributed by atoms with E-state index in [0.717, 1.165) is 28.3 Å². The van der Waals surface area contributed by atoms with Gasteiger partial charge in [0.2, 0.25) is 0 Å². The number of anilines is 2. The summed E-state index contributed by atoms with van der Waals surface area (Å²) in [7, 11) is 0. The van der Waals surface area contributed by atoms with Crippen LogP contribution in [0.4, 0.5) is 11.5 Å². The van der Waals surface area contributed by atoms with Gasteiger partial charge in [0.25, 0.3) is 0 Å². The van der Waals surface area contributed by atoms with E-state index in [1.54, 1.807) is 0 Å². The van der Waals surface area contributed by atoms with Crippen LogP contribution in [0.5, 0.6) is 0 Å². The van der Waals surface area contributed by atoms with Crippen molar-refractivity contribution in [1.29, 1.82) is 0 Å². The van der Waals surface area contributed by atoms with Gasteiger partial charge >= 0.3 is 0 Å². The van der Waals surface area contributed by atoms with Gasteiger partial charge in [0.15, 0.2) is 5.82 Å². The van der Waals surface area contributed by atoms with E-state index in [1.165, 1.54) is 5.56 Å². The minimum atomic E-state index is 0.710. The van der Waals surface area contributed by atoms with E-state index >= 15 is 0 Å². The van der Waals surface area contributed by atoms with Crippen molar-refractivity contribution in [3.8, 4) is 22.6 Å². The van der Waals surface area contributed by atoms with Gasteiger partial charge in [-0.15, -0.1) is 0 Å². The second-order valence-corrected chi connectivity index (χ2v) is 6.19. The minimum absolute atomic E-state index is 0.710. The molecule has 1 N–H and O–H groups in total. The number of nitrogens with zero attached hydrogens (tertiary/aromatic N) is 2. The summed E-state index contributed by atoms with van der Waals surface area (Å²) in [6.07, 6.45) is 0. The van der Waals surface area contributed by atoms with Gasteiger partial charge in [-0.2, -0.15) is 0 Å². The van der Waals surface area contributed by atoms with Gasteiger partial charge in [-0.25, -0.2) is 9.97 Å². The maximum Gasteiger partial charge on any atom is 0.162 e. The van der Waals surface area contributed by atoms with E-state index in [4.69, 9.17) is 9.97 Å². The number of hydrogen-bond donors (Lipinski definition) is 1. The third-order valence-electron chi connectivity index (χ3n) is 4.15. The molecule has 0 aliphatic rings. The Morgan fingerprint density at radius 2 is 1.27 bits per heavy atom.